The molecule has 0 aliphatic rings. The zero-order chi connectivity index (χ0) is 17.0. The second-order valence-corrected chi connectivity index (χ2v) is 6.30. The Bertz CT molecular complexity index is 619. The SMILES string of the molecule is CCCCCCCCCC(=[O+])ONCc1cccc2ccccc12. The molecule has 1 radical (unpaired) electrons. The van der Waals surface area contributed by atoms with Gasteiger partial charge in [0.1, 0.15) is 6.42 Å². The standard InChI is InChI=1S/C21H29NO2/c1-2-3-4-5-6-7-8-16-21(23)24-22-17-19-14-11-13-18-12-9-10-15-20(18)19/h9-15,22H,2-8,16-17H2,1H3/q+1. The molecule has 2 rings (SSSR count). The zero-order valence-electron chi connectivity index (χ0n) is 14.7. The number of benzene rings is 2. The second-order valence-electron chi connectivity index (χ2n) is 6.30. The lowest BCUT2D eigenvalue weighted by Crippen LogP contribution is -2.19. The van der Waals surface area contributed by atoms with E-state index in [2.05, 4.69) is 36.7 Å². The minimum absolute atomic E-state index is 0.163. The molecule has 0 fully saturated rings. The first kappa shape index (κ1) is 18.5. The fraction of sp³-hybridized carbons (Fsp3) is 0.476. The maximum atomic E-state index is 11.7. The van der Waals surface area contributed by atoms with Gasteiger partial charge in [-0.05, 0) is 28.2 Å². The lowest BCUT2D eigenvalue weighted by Gasteiger charge is -2.04. The summed E-state index contributed by atoms with van der Waals surface area (Å²) in [5, 5.41) is 2.39. The average Bonchev–Trinajstić information content (AvgIpc) is 2.61. The summed E-state index contributed by atoms with van der Waals surface area (Å²) in [7, 11) is 0. The van der Waals surface area contributed by atoms with E-state index in [1.165, 1.54) is 42.9 Å². The van der Waals surface area contributed by atoms with E-state index < -0.39 is 0 Å². The summed E-state index contributed by atoms with van der Waals surface area (Å²) < 4.78 is 0. The van der Waals surface area contributed by atoms with Crippen LogP contribution < -0.4 is 5.48 Å². The van der Waals surface area contributed by atoms with Gasteiger partial charge in [0.25, 0.3) is 0 Å². The van der Waals surface area contributed by atoms with Crippen molar-refractivity contribution in [1.82, 2.24) is 5.48 Å². The molecule has 0 aliphatic heterocycles. The molecule has 0 heterocycles. The quantitative estimate of drug-likeness (QED) is 0.335. The average molecular weight is 327 g/mol. The van der Waals surface area contributed by atoms with E-state index in [4.69, 9.17) is 4.84 Å². The van der Waals surface area contributed by atoms with Crippen LogP contribution in [0.1, 0.15) is 63.9 Å². The van der Waals surface area contributed by atoms with Gasteiger partial charge >= 0.3 is 5.97 Å². The van der Waals surface area contributed by atoms with Gasteiger partial charge in [0.05, 0.1) is 11.3 Å². The van der Waals surface area contributed by atoms with Crippen LogP contribution in [0.5, 0.6) is 0 Å². The summed E-state index contributed by atoms with van der Waals surface area (Å²) in [5.74, 6) is -0.163. The summed E-state index contributed by atoms with van der Waals surface area (Å²) in [6, 6.07) is 14.4. The molecule has 0 saturated heterocycles. The monoisotopic (exact) mass is 327 g/mol. The van der Waals surface area contributed by atoms with E-state index in [1.807, 2.05) is 18.2 Å². The topological polar surface area (TPSA) is 41.2 Å². The number of hydroxylamine groups is 1. The van der Waals surface area contributed by atoms with Crippen LogP contribution in [-0.4, -0.2) is 5.97 Å². The summed E-state index contributed by atoms with van der Waals surface area (Å²) in [5.41, 5.74) is 3.95. The van der Waals surface area contributed by atoms with Crippen LogP contribution in [0.25, 0.3) is 10.8 Å². The van der Waals surface area contributed by atoms with Crippen molar-refractivity contribution in [2.45, 2.75) is 64.8 Å². The maximum Gasteiger partial charge on any atom is 0.597 e. The van der Waals surface area contributed by atoms with Crippen LogP contribution in [0.2, 0.25) is 0 Å². The molecule has 0 aliphatic carbocycles. The molecule has 0 spiro atoms. The van der Waals surface area contributed by atoms with Gasteiger partial charge in [0.15, 0.2) is 0 Å². The molecular formula is C21H29NO2+. The lowest BCUT2D eigenvalue weighted by atomic mass is 10.1. The molecule has 0 bridgehead atoms. The molecule has 129 valence electrons. The molecule has 0 saturated carbocycles. The van der Waals surface area contributed by atoms with E-state index >= 15 is 0 Å². The highest BCUT2D eigenvalue weighted by Crippen LogP contribution is 2.18. The number of carbonyl (C=O) groups excluding carboxylic acids is 1. The maximum absolute atomic E-state index is 11.7. The Hall–Kier alpha value is -1.87. The Morgan fingerprint density at radius 1 is 0.917 bits per heavy atom. The third kappa shape index (κ3) is 6.32. The Balaban J connectivity index is 1.62. The number of nitrogens with one attached hydrogen (secondary N) is 1. The van der Waals surface area contributed by atoms with Gasteiger partial charge in [-0.25, -0.2) is 0 Å². The van der Waals surface area contributed by atoms with Crippen molar-refractivity contribution in [2.24, 2.45) is 0 Å². The van der Waals surface area contributed by atoms with Crippen LogP contribution in [0.4, 0.5) is 0 Å². The second kappa shape index (κ2) is 10.8. The molecule has 2 aromatic carbocycles. The van der Waals surface area contributed by atoms with Gasteiger partial charge in [-0.1, -0.05) is 87.9 Å². The van der Waals surface area contributed by atoms with Crippen LogP contribution >= 0.6 is 0 Å². The largest absolute Gasteiger partial charge is 0.597 e. The van der Waals surface area contributed by atoms with Crippen molar-refractivity contribution in [3.05, 3.63) is 48.0 Å². The Morgan fingerprint density at radius 2 is 1.62 bits per heavy atom. The smallest absolute Gasteiger partial charge is 0.199 e. The molecule has 1 N–H and O–H groups in total. The fourth-order valence-electron chi connectivity index (χ4n) is 2.92. The molecular weight excluding hydrogens is 298 g/mol. The van der Waals surface area contributed by atoms with Crippen LogP contribution in [0.3, 0.4) is 0 Å². The summed E-state index contributed by atoms with van der Waals surface area (Å²) in [6.07, 6.45) is 8.93. The number of fused-ring (bicyclic) bond motifs is 1. The Morgan fingerprint density at radius 3 is 2.46 bits per heavy atom. The normalized spacial score (nSPS) is 10.9. The third-order valence-electron chi connectivity index (χ3n) is 4.31. The van der Waals surface area contributed by atoms with Crippen molar-refractivity contribution < 1.29 is 9.63 Å². The van der Waals surface area contributed by atoms with Gasteiger partial charge in [-0.2, -0.15) is 4.84 Å². The van der Waals surface area contributed by atoms with E-state index in [-0.39, 0.29) is 5.97 Å². The highest BCUT2D eigenvalue weighted by atomic mass is 16.7. The van der Waals surface area contributed by atoms with E-state index in [1.54, 1.807) is 0 Å². The summed E-state index contributed by atoms with van der Waals surface area (Å²) in [4.78, 5) is 16.9. The number of rotatable bonds is 11. The minimum Gasteiger partial charge on any atom is -0.199 e. The zero-order valence-corrected chi connectivity index (χ0v) is 14.7. The van der Waals surface area contributed by atoms with Crippen LogP contribution in [-0.2, 0) is 16.2 Å². The van der Waals surface area contributed by atoms with Crippen molar-refractivity contribution in [2.75, 3.05) is 0 Å². The first-order valence-corrected chi connectivity index (χ1v) is 9.20. The molecule has 2 aromatic rings. The van der Waals surface area contributed by atoms with Gasteiger partial charge < -0.3 is 0 Å². The van der Waals surface area contributed by atoms with Crippen molar-refractivity contribution >= 4 is 16.7 Å². The minimum atomic E-state index is -0.163. The van der Waals surface area contributed by atoms with Crippen LogP contribution in [0, 0.1) is 0 Å². The Labute approximate surface area is 145 Å². The van der Waals surface area contributed by atoms with Crippen molar-refractivity contribution in [1.29, 1.82) is 0 Å². The summed E-state index contributed by atoms with van der Waals surface area (Å²) >= 11 is 0. The molecule has 0 amide bonds. The molecule has 3 nitrogen and oxygen atoms in total. The third-order valence-corrected chi connectivity index (χ3v) is 4.31. The molecule has 3 heteroatoms. The number of hydrogen-bond donors (Lipinski definition) is 1. The lowest BCUT2D eigenvalue weighted by molar-refractivity contribution is -0.151. The molecule has 0 aromatic heterocycles. The molecule has 0 atom stereocenters. The first-order chi connectivity index (χ1) is 11.8. The first-order valence-electron chi connectivity index (χ1n) is 9.20. The predicted octanol–water partition coefficient (Wildman–Crippen LogP) is 5.53. The molecule has 24 heavy (non-hydrogen) atoms. The van der Waals surface area contributed by atoms with E-state index in [0.717, 1.165) is 18.4 Å². The van der Waals surface area contributed by atoms with Crippen LogP contribution in [0.15, 0.2) is 42.5 Å². The predicted molar refractivity (Wildman–Crippen MR) is 99.5 cm³/mol. The van der Waals surface area contributed by atoms with Crippen molar-refractivity contribution in [3.63, 3.8) is 0 Å². The summed E-state index contributed by atoms with van der Waals surface area (Å²) in [6.45, 7) is 2.76. The Kier molecular flexibility index (Phi) is 8.33. The van der Waals surface area contributed by atoms with Gasteiger partial charge in [0, 0.05) is 0 Å². The van der Waals surface area contributed by atoms with E-state index in [9.17, 15) is 4.79 Å². The van der Waals surface area contributed by atoms with Gasteiger partial charge in [-0.15, -0.1) is 0 Å². The number of carbonyl (C=O) groups is 1. The van der Waals surface area contributed by atoms with Gasteiger partial charge in [0.2, 0.25) is 0 Å². The highest BCUT2D eigenvalue weighted by Gasteiger charge is 2.16. The molecule has 0 unspecified atom stereocenters. The van der Waals surface area contributed by atoms with Gasteiger partial charge in [-0.3, -0.25) is 0 Å². The fourth-order valence-corrected chi connectivity index (χ4v) is 2.92. The number of unbranched alkanes of at least 4 members (excludes halogenated alkanes) is 6. The number of hydrogen-bond acceptors (Lipinski definition) is 3. The highest BCUT2D eigenvalue weighted by molar-refractivity contribution is 5.85. The van der Waals surface area contributed by atoms with E-state index in [0.29, 0.717) is 13.0 Å². The van der Waals surface area contributed by atoms with Crippen molar-refractivity contribution in [3.8, 4) is 0 Å².